The Morgan fingerprint density at radius 2 is 1.67 bits per heavy atom. The Labute approximate surface area is 134 Å². The van der Waals surface area contributed by atoms with Gasteiger partial charge in [0.25, 0.3) is 0 Å². The summed E-state index contributed by atoms with van der Waals surface area (Å²) in [4.78, 5) is 0. The van der Waals surface area contributed by atoms with E-state index in [0.29, 0.717) is 13.2 Å². The quantitative estimate of drug-likeness (QED) is 0.520. The highest BCUT2D eigenvalue weighted by atomic mass is 79.9. The summed E-state index contributed by atoms with van der Waals surface area (Å²) in [6.07, 6.45) is 0.818. The molecule has 0 radical (unpaired) electrons. The predicted octanol–water partition coefficient (Wildman–Crippen LogP) is 4.44. The minimum atomic E-state index is 0.594. The third-order valence-electron chi connectivity index (χ3n) is 2.94. The van der Waals surface area contributed by atoms with Gasteiger partial charge in [-0.1, -0.05) is 40.2 Å². The first kappa shape index (κ1) is 15.7. The Morgan fingerprint density at radius 3 is 2.38 bits per heavy atom. The zero-order valence-electron chi connectivity index (χ0n) is 12.0. The van der Waals surface area contributed by atoms with Crippen LogP contribution in [0.25, 0.3) is 0 Å². The molecule has 2 aromatic carbocycles. The van der Waals surface area contributed by atoms with Crippen molar-refractivity contribution in [3.8, 4) is 17.2 Å². The average molecular weight is 351 g/mol. The zero-order chi connectivity index (χ0) is 14.9. The molecule has 0 amide bonds. The Balaban J connectivity index is 1.76. The van der Waals surface area contributed by atoms with Crippen molar-refractivity contribution in [1.82, 2.24) is 0 Å². The maximum Gasteiger partial charge on any atom is 0.161 e. The molecular weight excluding hydrogens is 332 g/mol. The summed E-state index contributed by atoms with van der Waals surface area (Å²) in [5.74, 6) is 2.41. The monoisotopic (exact) mass is 350 g/mol. The van der Waals surface area contributed by atoms with Crippen LogP contribution in [-0.2, 0) is 5.33 Å². The highest BCUT2D eigenvalue weighted by molar-refractivity contribution is 9.08. The molecule has 2 aromatic rings. The van der Waals surface area contributed by atoms with E-state index >= 15 is 0 Å². The summed E-state index contributed by atoms with van der Waals surface area (Å²) in [6, 6.07) is 15.7. The molecule has 0 bridgehead atoms. The molecule has 0 atom stereocenters. The van der Waals surface area contributed by atoms with Crippen molar-refractivity contribution in [2.24, 2.45) is 0 Å². The van der Waals surface area contributed by atoms with Crippen LogP contribution >= 0.6 is 15.9 Å². The van der Waals surface area contributed by atoms with Gasteiger partial charge in [-0.05, 0) is 29.8 Å². The number of para-hydroxylation sites is 1. The van der Waals surface area contributed by atoms with Crippen LogP contribution in [0.4, 0.5) is 0 Å². The van der Waals surface area contributed by atoms with Crippen molar-refractivity contribution in [2.75, 3.05) is 20.3 Å². The molecule has 0 saturated heterocycles. The Bertz CT molecular complexity index is 543. The smallest absolute Gasteiger partial charge is 0.161 e. The lowest BCUT2D eigenvalue weighted by Gasteiger charge is -2.12. The van der Waals surface area contributed by atoms with E-state index in [4.69, 9.17) is 14.2 Å². The maximum absolute atomic E-state index is 5.75. The van der Waals surface area contributed by atoms with Crippen LogP contribution in [0.2, 0.25) is 0 Å². The van der Waals surface area contributed by atoms with Gasteiger partial charge in [-0.2, -0.15) is 0 Å². The third kappa shape index (κ3) is 4.97. The van der Waals surface area contributed by atoms with E-state index in [-0.39, 0.29) is 0 Å². The predicted molar refractivity (Wildman–Crippen MR) is 87.7 cm³/mol. The van der Waals surface area contributed by atoms with Gasteiger partial charge in [0.05, 0.1) is 20.3 Å². The molecule has 0 spiro atoms. The van der Waals surface area contributed by atoms with Crippen molar-refractivity contribution in [1.29, 1.82) is 0 Å². The van der Waals surface area contributed by atoms with Gasteiger partial charge in [0.2, 0.25) is 0 Å². The Morgan fingerprint density at radius 1 is 0.905 bits per heavy atom. The van der Waals surface area contributed by atoms with Gasteiger partial charge >= 0.3 is 0 Å². The van der Waals surface area contributed by atoms with Gasteiger partial charge in [-0.25, -0.2) is 0 Å². The van der Waals surface area contributed by atoms with Gasteiger partial charge in [0, 0.05) is 11.8 Å². The maximum atomic E-state index is 5.75. The summed E-state index contributed by atoms with van der Waals surface area (Å²) in [6.45, 7) is 1.22. The van der Waals surface area contributed by atoms with Gasteiger partial charge < -0.3 is 14.2 Å². The number of methoxy groups -OCH3 is 1. The van der Waals surface area contributed by atoms with Crippen LogP contribution in [-0.4, -0.2) is 20.3 Å². The van der Waals surface area contributed by atoms with E-state index in [2.05, 4.69) is 15.9 Å². The minimum absolute atomic E-state index is 0.594. The number of rotatable bonds is 8. The van der Waals surface area contributed by atoms with E-state index < -0.39 is 0 Å². The second-order valence-corrected chi connectivity index (χ2v) is 5.04. The third-order valence-corrected chi connectivity index (χ3v) is 3.59. The number of hydrogen-bond acceptors (Lipinski definition) is 3. The molecule has 3 nitrogen and oxygen atoms in total. The topological polar surface area (TPSA) is 27.7 Å². The molecular formula is C17H19BrO3. The summed E-state index contributed by atoms with van der Waals surface area (Å²) in [5.41, 5.74) is 1.16. The number of hydrogen-bond donors (Lipinski definition) is 0. The van der Waals surface area contributed by atoms with Crippen molar-refractivity contribution in [3.63, 3.8) is 0 Å². The van der Waals surface area contributed by atoms with Crippen molar-refractivity contribution >= 4 is 15.9 Å². The average Bonchev–Trinajstić information content (AvgIpc) is 2.55. The van der Waals surface area contributed by atoms with E-state index in [1.807, 2.05) is 48.5 Å². The summed E-state index contributed by atoms with van der Waals surface area (Å²) < 4.78 is 16.7. The lowest BCUT2D eigenvalue weighted by Crippen LogP contribution is -2.05. The van der Waals surface area contributed by atoms with Crippen LogP contribution in [0, 0.1) is 0 Å². The first-order chi connectivity index (χ1) is 10.3. The number of halogens is 1. The molecule has 0 heterocycles. The van der Waals surface area contributed by atoms with Gasteiger partial charge in [0.1, 0.15) is 5.75 Å². The molecule has 0 aromatic heterocycles. The Kier molecular flexibility index (Phi) is 6.41. The number of ether oxygens (including phenoxy) is 3. The van der Waals surface area contributed by atoms with Crippen LogP contribution in [0.5, 0.6) is 17.2 Å². The van der Waals surface area contributed by atoms with E-state index in [1.54, 1.807) is 7.11 Å². The molecule has 4 heteroatoms. The summed E-state index contributed by atoms with van der Waals surface area (Å²) in [7, 11) is 1.65. The summed E-state index contributed by atoms with van der Waals surface area (Å²) in [5, 5.41) is 0.800. The molecule has 0 fully saturated rings. The molecule has 112 valence electrons. The van der Waals surface area contributed by atoms with Crippen molar-refractivity contribution in [3.05, 3.63) is 54.1 Å². The Hall–Kier alpha value is -1.68. The largest absolute Gasteiger partial charge is 0.493 e. The zero-order valence-corrected chi connectivity index (χ0v) is 13.6. The lowest BCUT2D eigenvalue weighted by molar-refractivity contribution is 0.240. The second-order valence-electron chi connectivity index (χ2n) is 4.48. The highest BCUT2D eigenvalue weighted by Crippen LogP contribution is 2.28. The molecule has 0 aliphatic rings. The fraction of sp³-hybridized carbons (Fsp3) is 0.294. The molecule has 0 saturated carbocycles. The molecule has 0 unspecified atom stereocenters. The van der Waals surface area contributed by atoms with Crippen LogP contribution in [0.15, 0.2) is 48.5 Å². The fourth-order valence-electron chi connectivity index (χ4n) is 1.86. The van der Waals surface area contributed by atoms with Gasteiger partial charge in [-0.3, -0.25) is 0 Å². The molecule has 0 aliphatic heterocycles. The molecule has 0 N–H and O–H groups in total. The van der Waals surface area contributed by atoms with E-state index in [1.165, 1.54) is 0 Å². The van der Waals surface area contributed by atoms with Crippen LogP contribution in [0.3, 0.4) is 0 Å². The van der Waals surface area contributed by atoms with Gasteiger partial charge in [-0.15, -0.1) is 0 Å². The minimum Gasteiger partial charge on any atom is -0.493 e. The van der Waals surface area contributed by atoms with E-state index in [0.717, 1.165) is 34.6 Å². The molecule has 2 rings (SSSR count). The standard InChI is InChI=1S/C17H19BrO3/c1-19-17-12-14(13-18)8-9-16(17)21-11-5-10-20-15-6-3-2-4-7-15/h2-4,6-9,12H,5,10-11,13H2,1H3. The van der Waals surface area contributed by atoms with Crippen LogP contribution < -0.4 is 14.2 Å². The second kappa shape index (κ2) is 8.57. The summed E-state index contributed by atoms with van der Waals surface area (Å²) >= 11 is 3.43. The number of alkyl halides is 1. The van der Waals surface area contributed by atoms with Gasteiger partial charge in [0.15, 0.2) is 11.5 Å². The lowest BCUT2D eigenvalue weighted by atomic mass is 10.2. The SMILES string of the molecule is COc1cc(CBr)ccc1OCCCOc1ccccc1. The molecule has 21 heavy (non-hydrogen) atoms. The first-order valence-corrected chi connectivity index (χ1v) is 7.99. The fourth-order valence-corrected chi connectivity index (χ4v) is 2.21. The normalized spacial score (nSPS) is 10.2. The molecule has 0 aliphatic carbocycles. The number of benzene rings is 2. The van der Waals surface area contributed by atoms with Crippen molar-refractivity contribution in [2.45, 2.75) is 11.8 Å². The van der Waals surface area contributed by atoms with E-state index in [9.17, 15) is 0 Å². The highest BCUT2D eigenvalue weighted by Gasteiger charge is 2.05. The van der Waals surface area contributed by atoms with Crippen molar-refractivity contribution < 1.29 is 14.2 Å². The van der Waals surface area contributed by atoms with Crippen LogP contribution in [0.1, 0.15) is 12.0 Å². The first-order valence-electron chi connectivity index (χ1n) is 6.87.